The van der Waals surface area contributed by atoms with Crippen molar-refractivity contribution in [1.29, 1.82) is 0 Å². The fraction of sp³-hybridized carbons (Fsp3) is 0.500. The molecule has 0 aliphatic heterocycles. The Kier molecular flexibility index (Phi) is 6.36. The maximum Gasteiger partial charge on any atom is 0.223 e. The average molecular weight is 313 g/mol. The van der Waals surface area contributed by atoms with E-state index < -0.39 is 0 Å². The molecule has 0 saturated heterocycles. The third-order valence-corrected chi connectivity index (χ3v) is 3.12. The van der Waals surface area contributed by atoms with Gasteiger partial charge in [-0.15, -0.1) is 0 Å². The highest BCUT2D eigenvalue weighted by atomic mass is 79.9. The molecule has 0 atom stereocenters. The number of hydrogen-bond acceptors (Lipinski definition) is 2. The molecule has 0 radical (unpaired) electrons. The zero-order valence-corrected chi connectivity index (χ0v) is 12.8. The van der Waals surface area contributed by atoms with Crippen LogP contribution in [0.4, 0.5) is 0 Å². The number of rotatable bonds is 6. The monoisotopic (exact) mass is 312 g/mol. The predicted molar refractivity (Wildman–Crippen MR) is 78.4 cm³/mol. The highest BCUT2D eigenvalue weighted by molar-refractivity contribution is 9.10. The van der Waals surface area contributed by atoms with Crippen molar-refractivity contribution < 1.29 is 4.79 Å². The van der Waals surface area contributed by atoms with E-state index in [1.807, 2.05) is 31.3 Å². The summed E-state index contributed by atoms with van der Waals surface area (Å²) in [5.74, 6) is 0.170. The van der Waals surface area contributed by atoms with E-state index in [1.165, 1.54) is 0 Å². The van der Waals surface area contributed by atoms with Gasteiger partial charge in [-0.1, -0.05) is 41.9 Å². The van der Waals surface area contributed by atoms with Gasteiger partial charge < -0.3 is 10.2 Å². The topological polar surface area (TPSA) is 32.3 Å². The van der Waals surface area contributed by atoms with Crippen molar-refractivity contribution in [3.63, 3.8) is 0 Å². The zero-order valence-electron chi connectivity index (χ0n) is 11.2. The van der Waals surface area contributed by atoms with Gasteiger partial charge in [0.05, 0.1) is 0 Å². The molecule has 0 bridgehead atoms. The van der Waals surface area contributed by atoms with Crippen LogP contribution >= 0.6 is 15.9 Å². The van der Waals surface area contributed by atoms with Crippen molar-refractivity contribution >= 4 is 21.8 Å². The van der Waals surface area contributed by atoms with Gasteiger partial charge in [-0.2, -0.15) is 0 Å². The molecule has 4 heteroatoms. The van der Waals surface area contributed by atoms with Gasteiger partial charge in [-0.05, 0) is 17.7 Å². The minimum atomic E-state index is 0.170. The number of benzene rings is 1. The van der Waals surface area contributed by atoms with Crippen LogP contribution in [0, 0.1) is 0 Å². The first-order valence-electron chi connectivity index (χ1n) is 6.21. The predicted octanol–water partition coefficient (Wildman–Crippen LogP) is 2.80. The Balaban J connectivity index is 2.40. The zero-order chi connectivity index (χ0) is 13.5. The van der Waals surface area contributed by atoms with Crippen molar-refractivity contribution in [3.05, 3.63) is 34.3 Å². The first-order valence-corrected chi connectivity index (χ1v) is 7.00. The smallest absolute Gasteiger partial charge is 0.223 e. The molecule has 1 aromatic carbocycles. The van der Waals surface area contributed by atoms with Crippen LogP contribution in [-0.2, 0) is 11.3 Å². The Labute approximate surface area is 118 Å². The summed E-state index contributed by atoms with van der Waals surface area (Å²) in [5.41, 5.74) is 1.14. The van der Waals surface area contributed by atoms with Gasteiger partial charge in [0, 0.05) is 37.1 Å². The van der Waals surface area contributed by atoms with E-state index in [4.69, 9.17) is 0 Å². The highest BCUT2D eigenvalue weighted by Gasteiger charge is 2.09. The van der Waals surface area contributed by atoms with Gasteiger partial charge in [0.15, 0.2) is 0 Å². The molecule has 1 N–H and O–H groups in total. The summed E-state index contributed by atoms with van der Waals surface area (Å²) < 4.78 is 1.04. The number of carbonyl (C=O) groups excluding carboxylic acids is 1. The Bertz CT molecular complexity index is 393. The molecule has 0 saturated carbocycles. The third kappa shape index (κ3) is 5.65. The van der Waals surface area contributed by atoms with Crippen molar-refractivity contribution in [2.75, 3.05) is 13.6 Å². The van der Waals surface area contributed by atoms with Crippen LogP contribution in [0.25, 0.3) is 0 Å². The van der Waals surface area contributed by atoms with Crippen LogP contribution in [0.2, 0.25) is 0 Å². The van der Waals surface area contributed by atoms with Crippen LogP contribution in [0.5, 0.6) is 0 Å². The lowest BCUT2D eigenvalue weighted by molar-refractivity contribution is -0.130. The van der Waals surface area contributed by atoms with Crippen LogP contribution in [-0.4, -0.2) is 30.4 Å². The van der Waals surface area contributed by atoms with Crippen molar-refractivity contribution in [1.82, 2.24) is 10.2 Å². The lowest BCUT2D eigenvalue weighted by atomic mass is 10.2. The molecule has 100 valence electrons. The van der Waals surface area contributed by atoms with E-state index in [0.717, 1.165) is 16.6 Å². The summed E-state index contributed by atoms with van der Waals surface area (Å²) >= 11 is 3.43. The van der Waals surface area contributed by atoms with Gasteiger partial charge in [-0.3, -0.25) is 4.79 Å². The summed E-state index contributed by atoms with van der Waals surface area (Å²) in [4.78, 5) is 13.7. The molecule has 0 spiro atoms. The summed E-state index contributed by atoms with van der Waals surface area (Å²) in [6.45, 7) is 5.55. The second kappa shape index (κ2) is 7.54. The largest absolute Gasteiger partial charge is 0.341 e. The quantitative estimate of drug-likeness (QED) is 0.876. The normalized spacial score (nSPS) is 10.7. The molecular weight excluding hydrogens is 292 g/mol. The summed E-state index contributed by atoms with van der Waals surface area (Å²) in [5, 5.41) is 3.25. The maximum absolute atomic E-state index is 11.9. The van der Waals surface area contributed by atoms with Crippen LogP contribution in [0.3, 0.4) is 0 Å². The molecule has 1 rings (SSSR count). The standard InChI is InChI=1S/C14H21BrN2O/c1-11(2)16-8-7-14(18)17(3)10-12-5-4-6-13(15)9-12/h4-6,9,11,16H,7-8,10H2,1-3H3. The molecule has 18 heavy (non-hydrogen) atoms. The molecule has 0 aliphatic rings. The summed E-state index contributed by atoms with van der Waals surface area (Å²) in [6.07, 6.45) is 0.544. The van der Waals surface area contributed by atoms with Crippen LogP contribution < -0.4 is 5.32 Å². The molecule has 1 aromatic rings. The van der Waals surface area contributed by atoms with E-state index in [9.17, 15) is 4.79 Å². The molecule has 0 unspecified atom stereocenters. The maximum atomic E-state index is 11.9. The molecule has 1 amide bonds. The Morgan fingerprint density at radius 3 is 2.78 bits per heavy atom. The third-order valence-electron chi connectivity index (χ3n) is 2.63. The number of nitrogens with zero attached hydrogens (tertiary/aromatic N) is 1. The number of amides is 1. The molecule has 0 heterocycles. The molecule has 0 aliphatic carbocycles. The second-order valence-electron chi connectivity index (χ2n) is 4.74. The Hall–Kier alpha value is -0.870. The molecule has 0 aromatic heterocycles. The first kappa shape index (κ1) is 15.2. The Morgan fingerprint density at radius 2 is 2.17 bits per heavy atom. The Morgan fingerprint density at radius 1 is 1.44 bits per heavy atom. The van der Waals surface area contributed by atoms with E-state index in [2.05, 4.69) is 35.1 Å². The minimum Gasteiger partial charge on any atom is -0.341 e. The highest BCUT2D eigenvalue weighted by Crippen LogP contribution is 2.13. The first-order chi connectivity index (χ1) is 8.49. The van der Waals surface area contributed by atoms with Gasteiger partial charge in [0.2, 0.25) is 5.91 Å². The van der Waals surface area contributed by atoms with E-state index in [-0.39, 0.29) is 5.91 Å². The van der Waals surface area contributed by atoms with Crippen molar-refractivity contribution in [3.8, 4) is 0 Å². The lowest BCUT2D eigenvalue weighted by Crippen LogP contribution is -2.31. The lowest BCUT2D eigenvalue weighted by Gasteiger charge is -2.18. The van der Waals surface area contributed by atoms with Crippen molar-refractivity contribution in [2.24, 2.45) is 0 Å². The van der Waals surface area contributed by atoms with Gasteiger partial charge in [0.25, 0.3) is 0 Å². The van der Waals surface area contributed by atoms with Crippen molar-refractivity contribution in [2.45, 2.75) is 32.9 Å². The fourth-order valence-corrected chi connectivity index (χ4v) is 2.10. The van der Waals surface area contributed by atoms with Gasteiger partial charge >= 0.3 is 0 Å². The molecular formula is C14H21BrN2O. The number of halogens is 1. The minimum absolute atomic E-state index is 0.170. The summed E-state index contributed by atoms with van der Waals surface area (Å²) in [7, 11) is 1.85. The molecule has 0 fully saturated rings. The van der Waals surface area contributed by atoms with Gasteiger partial charge in [-0.25, -0.2) is 0 Å². The number of carbonyl (C=O) groups is 1. The molecule has 3 nitrogen and oxygen atoms in total. The average Bonchev–Trinajstić information content (AvgIpc) is 2.28. The number of hydrogen-bond donors (Lipinski definition) is 1. The van der Waals surface area contributed by atoms with Crippen LogP contribution in [0.1, 0.15) is 25.8 Å². The van der Waals surface area contributed by atoms with Gasteiger partial charge in [0.1, 0.15) is 0 Å². The fourth-order valence-electron chi connectivity index (χ4n) is 1.66. The summed E-state index contributed by atoms with van der Waals surface area (Å²) in [6, 6.07) is 8.46. The number of nitrogens with one attached hydrogen (secondary N) is 1. The second-order valence-corrected chi connectivity index (χ2v) is 5.65. The van der Waals surface area contributed by atoms with E-state index in [0.29, 0.717) is 19.0 Å². The van der Waals surface area contributed by atoms with E-state index in [1.54, 1.807) is 4.90 Å². The van der Waals surface area contributed by atoms with E-state index >= 15 is 0 Å². The van der Waals surface area contributed by atoms with Crippen LogP contribution in [0.15, 0.2) is 28.7 Å². The SMILES string of the molecule is CC(C)NCCC(=O)N(C)Cc1cccc(Br)c1.